The molecule has 0 atom stereocenters. The van der Waals surface area contributed by atoms with E-state index < -0.39 is 11.6 Å². The lowest BCUT2D eigenvalue weighted by molar-refractivity contribution is -0.138. The van der Waals surface area contributed by atoms with Crippen molar-refractivity contribution in [3.63, 3.8) is 0 Å². The molecule has 2 rings (SSSR count). The summed E-state index contributed by atoms with van der Waals surface area (Å²) in [6.07, 6.45) is 1.33. The van der Waals surface area contributed by atoms with Crippen molar-refractivity contribution in [2.24, 2.45) is 5.92 Å². The van der Waals surface area contributed by atoms with E-state index in [0.717, 1.165) is 12.1 Å². The number of carbonyl (C=O) groups is 2. The fourth-order valence-corrected chi connectivity index (χ4v) is 3.37. The summed E-state index contributed by atoms with van der Waals surface area (Å²) in [4.78, 5) is 27.9. The largest absolute Gasteiger partial charge is 0.349 e. The molecule has 0 bridgehead atoms. The van der Waals surface area contributed by atoms with Gasteiger partial charge in [-0.1, -0.05) is 0 Å². The van der Waals surface area contributed by atoms with Crippen LogP contribution in [0.3, 0.4) is 0 Å². The molecule has 0 aromatic heterocycles. The quantitative estimate of drug-likeness (QED) is 0.789. The van der Waals surface area contributed by atoms with Gasteiger partial charge in [0.25, 0.3) is 0 Å². The monoisotopic (exact) mass is 342 g/mol. The van der Waals surface area contributed by atoms with Crippen molar-refractivity contribution in [3.05, 3.63) is 29.8 Å². The number of nitrogens with zero attached hydrogens (tertiary/aromatic N) is 2. The Morgan fingerprint density at radius 3 is 2.43 bits per heavy atom. The average molecular weight is 342 g/mol. The van der Waals surface area contributed by atoms with Gasteiger partial charge >= 0.3 is 0 Å². The van der Waals surface area contributed by atoms with E-state index in [1.54, 1.807) is 23.9 Å². The van der Waals surface area contributed by atoms with Gasteiger partial charge in [-0.25, -0.2) is 8.78 Å². The Morgan fingerprint density at radius 2 is 1.87 bits per heavy atom. The molecule has 0 unspecified atom stereocenters. The molecule has 1 aliphatic rings. The van der Waals surface area contributed by atoms with E-state index in [2.05, 4.69) is 0 Å². The van der Waals surface area contributed by atoms with Gasteiger partial charge in [-0.15, -0.1) is 11.8 Å². The Labute approximate surface area is 138 Å². The predicted octanol–water partition coefficient (Wildman–Crippen LogP) is 2.38. The zero-order valence-corrected chi connectivity index (χ0v) is 14.0. The van der Waals surface area contributed by atoms with Crippen LogP contribution in [-0.4, -0.2) is 54.6 Å². The number of likely N-dealkylation sites (tertiary alicyclic amines) is 1. The summed E-state index contributed by atoms with van der Waals surface area (Å²) in [6, 6.07) is 3.61. The van der Waals surface area contributed by atoms with Crippen LogP contribution in [0, 0.1) is 17.6 Å². The lowest BCUT2D eigenvalue weighted by atomic mass is 9.95. The van der Waals surface area contributed by atoms with E-state index in [4.69, 9.17) is 0 Å². The second-order valence-corrected chi connectivity index (χ2v) is 6.80. The van der Waals surface area contributed by atoms with E-state index >= 15 is 0 Å². The molecule has 1 aromatic carbocycles. The zero-order chi connectivity index (χ0) is 17.0. The van der Waals surface area contributed by atoms with Gasteiger partial charge in [0.2, 0.25) is 11.8 Å². The third-order valence-electron chi connectivity index (χ3n) is 3.89. The Bertz CT molecular complexity index is 587. The van der Waals surface area contributed by atoms with Gasteiger partial charge in [0, 0.05) is 38.0 Å². The van der Waals surface area contributed by atoms with Crippen LogP contribution < -0.4 is 0 Å². The number of hydrogen-bond donors (Lipinski definition) is 0. The molecule has 1 aromatic rings. The molecule has 0 spiro atoms. The number of thioether (sulfide) groups is 1. The van der Waals surface area contributed by atoms with Gasteiger partial charge in [0.15, 0.2) is 11.6 Å². The molecule has 4 nitrogen and oxygen atoms in total. The summed E-state index contributed by atoms with van der Waals surface area (Å²) in [5, 5.41) is 0. The third-order valence-corrected chi connectivity index (χ3v) is 4.87. The summed E-state index contributed by atoms with van der Waals surface area (Å²) >= 11 is 1.18. The van der Waals surface area contributed by atoms with Gasteiger partial charge in [-0.2, -0.15) is 0 Å². The van der Waals surface area contributed by atoms with Crippen LogP contribution in [0.1, 0.15) is 12.8 Å². The lowest BCUT2D eigenvalue weighted by Gasteiger charge is -2.32. The molecule has 1 aliphatic heterocycles. The van der Waals surface area contributed by atoms with Crippen LogP contribution in [0.4, 0.5) is 8.78 Å². The van der Waals surface area contributed by atoms with E-state index in [1.807, 2.05) is 0 Å². The van der Waals surface area contributed by atoms with Gasteiger partial charge in [0.05, 0.1) is 5.75 Å². The van der Waals surface area contributed by atoms with Crippen molar-refractivity contribution in [1.29, 1.82) is 0 Å². The molecule has 0 radical (unpaired) electrons. The van der Waals surface area contributed by atoms with Crippen molar-refractivity contribution in [1.82, 2.24) is 9.80 Å². The van der Waals surface area contributed by atoms with Crippen molar-refractivity contribution in [3.8, 4) is 0 Å². The molecule has 0 N–H and O–H groups in total. The van der Waals surface area contributed by atoms with Gasteiger partial charge in [-0.3, -0.25) is 9.59 Å². The number of amides is 2. The first-order chi connectivity index (χ1) is 10.9. The first kappa shape index (κ1) is 17.7. The summed E-state index contributed by atoms with van der Waals surface area (Å²) in [7, 11) is 3.47. The molecule has 0 aliphatic carbocycles. The minimum atomic E-state index is -0.912. The van der Waals surface area contributed by atoms with Gasteiger partial charge in [-0.05, 0) is 31.0 Å². The highest BCUT2D eigenvalue weighted by molar-refractivity contribution is 8.00. The number of carbonyl (C=O) groups excluding carboxylic acids is 2. The van der Waals surface area contributed by atoms with Gasteiger partial charge < -0.3 is 9.80 Å². The average Bonchev–Trinajstić information content (AvgIpc) is 2.55. The van der Waals surface area contributed by atoms with Crippen molar-refractivity contribution < 1.29 is 18.4 Å². The SMILES string of the molecule is CN(C)C(=O)C1CCN(C(=O)CSc2ccc(F)c(F)c2)CC1. The van der Waals surface area contributed by atoms with Crippen molar-refractivity contribution in [2.45, 2.75) is 17.7 Å². The molecule has 126 valence electrons. The maximum absolute atomic E-state index is 13.1. The number of benzene rings is 1. The molecule has 2 amide bonds. The minimum absolute atomic E-state index is 0.0205. The lowest BCUT2D eigenvalue weighted by Crippen LogP contribution is -2.43. The van der Waals surface area contributed by atoms with E-state index in [1.165, 1.54) is 17.8 Å². The van der Waals surface area contributed by atoms with Crippen LogP contribution in [-0.2, 0) is 9.59 Å². The summed E-state index contributed by atoms with van der Waals surface area (Å²) in [5.74, 6) is -1.59. The Balaban J connectivity index is 1.81. The Morgan fingerprint density at radius 1 is 1.22 bits per heavy atom. The summed E-state index contributed by atoms with van der Waals surface area (Å²) in [6.45, 7) is 1.11. The molecule has 23 heavy (non-hydrogen) atoms. The summed E-state index contributed by atoms with van der Waals surface area (Å²) < 4.78 is 26.0. The predicted molar refractivity (Wildman–Crippen MR) is 85.1 cm³/mol. The molecule has 0 saturated carbocycles. The molecule has 7 heteroatoms. The highest BCUT2D eigenvalue weighted by atomic mass is 32.2. The normalized spacial score (nSPS) is 15.6. The number of piperidine rings is 1. The Hall–Kier alpha value is -1.63. The number of halogens is 2. The molecular weight excluding hydrogens is 322 g/mol. The molecule has 1 saturated heterocycles. The van der Waals surface area contributed by atoms with Gasteiger partial charge in [0.1, 0.15) is 0 Å². The van der Waals surface area contributed by atoms with Crippen LogP contribution in [0.2, 0.25) is 0 Å². The van der Waals surface area contributed by atoms with Crippen LogP contribution in [0.15, 0.2) is 23.1 Å². The standard InChI is InChI=1S/C16H20F2N2O2S/c1-19(2)16(22)11-5-7-20(8-6-11)15(21)10-23-12-3-4-13(17)14(18)9-12/h3-4,9,11H,5-8,10H2,1-2H3. The highest BCUT2D eigenvalue weighted by Crippen LogP contribution is 2.23. The smallest absolute Gasteiger partial charge is 0.232 e. The first-order valence-electron chi connectivity index (χ1n) is 7.45. The first-order valence-corrected chi connectivity index (χ1v) is 8.44. The fourth-order valence-electron chi connectivity index (χ4n) is 2.54. The fraction of sp³-hybridized carbons (Fsp3) is 0.500. The van der Waals surface area contributed by atoms with E-state index in [9.17, 15) is 18.4 Å². The molecule has 1 fully saturated rings. The van der Waals surface area contributed by atoms with E-state index in [-0.39, 0.29) is 23.5 Å². The van der Waals surface area contributed by atoms with Crippen LogP contribution in [0.25, 0.3) is 0 Å². The topological polar surface area (TPSA) is 40.6 Å². The summed E-state index contributed by atoms with van der Waals surface area (Å²) in [5.41, 5.74) is 0. The van der Waals surface area contributed by atoms with E-state index in [0.29, 0.717) is 30.8 Å². The maximum Gasteiger partial charge on any atom is 0.232 e. The number of hydrogen-bond acceptors (Lipinski definition) is 3. The minimum Gasteiger partial charge on any atom is -0.349 e. The second-order valence-electron chi connectivity index (χ2n) is 5.75. The highest BCUT2D eigenvalue weighted by Gasteiger charge is 2.28. The maximum atomic E-state index is 13.1. The van der Waals surface area contributed by atoms with Crippen LogP contribution in [0.5, 0.6) is 0 Å². The van der Waals surface area contributed by atoms with Crippen LogP contribution >= 0.6 is 11.8 Å². The zero-order valence-electron chi connectivity index (χ0n) is 13.2. The molecular formula is C16H20F2N2O2S. The second kappa shape index (κ2) is 7.77. The number of rotatable bonds is 4. The van der Waals surface area contributed by atoms with Crippen molar-refractivity contribution >= 4 is 23.6 Å². The van der Waals surface area contributed by atoms with Crippen molar-refractivity contribution in [2.75, 3.05) is 32.9 Å². The third kappa shape index (κ3) is 4.67. The Kier molecular flexibility index (Phi) is 5.98. The molecule has 1 heterocycles.